The number of anilines is 1. The molecule has 2 fully saturated rings. The quantitative estimate of drug-likeness (QED) is 0.914. The maximum atomic E-state index is 14.1. The number of morpholine rings is 1. The number of halogens is 2. The molecule has 2 aliphatic rings. The Bertz CT molecular complexity index is 483. The van der Waals surface area contributed by atoms with Crippen LogP contribution in [0.3, 0.4) is 0 Å². The van der Waals surface area contributed by atoms with Crippen LogP contribution in [0.25, 0.3) is 0 Å². The van der Waals surface area contributed by atoms with Crippen LogP contribution in [0.2, 0.25) is 0 Å². The maximum absolute atomic E-state index is 14.1. The van der Waals surface area contributed by atoms with Gasteiger partial charge in [-0.05, 0) is 24.1 Å². The molecule has 0 spiro atoms. The fourth-order valence-electron chi connectivity index (χ4n) is 3.20. The first-order chi connectivity index (χ1) is 10.2. The second-order valence-corrected chi connectivity index (χ2v) is 5.60. The third-order valence-electron chi connectivity index (χ3n) is 4.30. The number of hydrogen-bond acceptors (Lipinski definition) is 4. The SMILES string of the molecule is OCc1cc(F)c(N2CCC(N3CCOCC3)C2)c(F)c1. The summed E-state index contributed by atoms with van der Waals surface area (Å²) >= 11 is 0. The zero-order valence-electron chi connectivity index (χ0n) is 11.9. The Balaban J connectivity index is 1.74. The van der Waals surface area contributed by atoms with E-state index in [1.807, 2.05) is 0 Å². The molecule has 2 aliphatic heterocycles. The number of aliphatic hydroxyl groups is 1. The standard InChI is InChI=1S/C15H20F2N2O2/c16-13-7-11(10-20)8-14(17)15(13)19-2-1-12(9-19)18-3-5-21-6-4-18/h7-8,12,20H,1-6,9-10H2. The largest absolute Gasteiger partial charge is 0.392 e. The van der Waals surface area contributed by atoms with E-state index < -0.39 is 11.6 Å². The minimum atomic E-state index is -0.596. The van der Waals surface area contributed by atoms with Crippen molar-refractivity contribution in [2.24, 2.45) is 0 Å². The van der Waals surface area contributed by atoms with Crippen molar-refractivity contribution < 1.29 is 18.6 Å². The Labute approximate surface area is 122 Å². The van der Waals surface area contributed by atoms with E-state index in [1.165, 1.54) is 12.1 Å². The second kappa shape index (κ2) is 6.25. The number of ether oxygens (including phenoxy) is 1. The Morgan fingerprint density at radius 3 is 2.43 bits per heavy atom. The Morgan fingerprint density at radius 2 is 1.81 bits per heavy atom. The first kappa shape index (κ1) is 14.7. The van der Waals surface area contributed by atoms with Gasteiger partial charge in [0.25, 0.3) is 0 Å². The predicted molar refractivity (Wildman–Crippen MR) is 75.3 cm³/mol. The summed E-state index contributed by atoms with van der Waals surface area (Å²) in [6.07, 6.45) is 0.903. The molecule has 2 heterocycles. The van der Waals surface area contributed by atoms with Crippen molar-refractivity contribution in [3.05, 3.63) is 29.3 Å². The van der Waals surface area contributed by atoms with Crippen molar-refractivity contribution in [2.45, 2.75) is 19.1 Å². The zero-order valence-corrected chi connectivity index (χ0v) is 11.9. The number of aliphatic hydroxyl groups excluding tert-OH is 1. The highest BCUT2D eigenvalue weighted by molar-refractivity contribution is 5.51. The predicted octanol–water partition coefficient (Wildman–Crippen LogP) is 1.37. The second-order valence-electron chi connectivity index (χ2n) is 5.60. The van der Waals surface area contributed by atoms with Gasteiger partial charge in [-0.15, -0.1) is 0 Å². The Hall–Kier alpha value is -1.24. The molecule has 6 heteroatoms. The van der Waals surface area contributed by atoms with Gasteiger partial charge in [-0.1, -0.05) is 0 Å². The molecule has 1 aromatic rings. The van der Waals surface area contributed by atoms with Crippen molar-refractivity contribution in [1.82, 2.24) is 4.90 Å². The molecule has 0 bridgehead atoms. The van der Waals surface area contributed by atoms with Crippen LogP contribution in [-0.4, -0.2) is 55.4 Å². The highest BCUT2D eigenvalue weighted by atomic mass is 19.1. The van der Waals surface area contributed by atoms with Gasteiger partial charge >= 0.3 is 0 Å². The number of nitrogens with zero attached hydrogens (tertiary/aromatic N) is 2. The molecule has 0 saturated carbocycles. The van der Waals surface area contributed by atoms with Gasteiger partial charge in [-0.3, -0.25) is 4.90 Å². The van der Waals surface area contributed by atoms with Gasteiger partial charge in [-0.2, -0.15) is 0 Å². The Morgan fingerprint density at radius 1 is 1.14 bits per heavy atom. The van der Waals surface area contributed by atoms with Gasteiger partial charge < -0.3 is 14.7 Å². The van der Waals surface area contributed by atoms with Gasteiger partial charge in [0.05, 0.1) is 19.8 Å². The summed E-state index contributed by atoms with van der Waals surface area (Å²) < 4.78 is 33.5. The molecule has 1 atom stereocenters. The van der Waals surface area contributed by atoms with Crippen LogP contribution in [0.15, 0.2) is 12.1 Å². The first-order valence-corrected chi connectivity index (χ1v) is 7.34. The number of hydrogen-bond donors (Lipinski definition) is 1. The fraction of sp³-hybridized carbons (Fsp3) is 0.600. The molecule has 2 saturated heterocycles. The molecular formula is C15H20F2N2O2. The average Bonchev–Trinajstić information content (AvgIpc) is 2.97. The van der Waals surface area contributed by atoms with E-state index in [1.54, 1.807) is 4.90 Å². The molecule has 1 unspecified atom stereocenters. The molecular weight excluding hydrogens is 278 g/mol. The van der Waals surface area contributed by atoms with Crippen molar-refractivity contribution in [3.63, 3.8) is 0 Å². The minimum Gasteiger partial charge on any atom is -0.392 e. The normalized spacial score (nSPS) is 23.8. The minimum absolute atomic E-state index is 0.0305. The molecule has 0 aromatic heterocycles. The molecule has 21 heavy (non-hydrogen) atoms. The van der Waals surface area contributed by atoms with E-state index >= 15 is 0 Å². The van der Waals surface area contributed by atoms with E-state index in [-0.39, 0.29) is 17.9 Å². The molecule has 3 rings (SSSR count). The van der Waals surface area contributed by atoms with Gasteiger partial charge in [-0.25, -0.2) is 8.78 Å². The van der Waals surface area contributed by atoms with Crippen LogP contribution in [0.1, 0.15) is 12.0 Å². The molecule has 1 aromatic carbocycles. The lowest BCUT2D eigenvalue weighted by Gasteiger charge is -2.32. The van der Waals surface area contributed by atoms with E-state index in [0.29, 0.717) is 19.1 Å². The summed E-state index contributed by atoms with van der Waals surface area (Å²) in [6.45, 7) is 4.14. The molecule has 116 valence electrons. The average molecular weight is 298 g/mol. The van der Waals surface area contributed by atoms with Crippen LogP contribution < -0.4 is 4.90 Å². The fourth-order valence-corrected chi connectivity index (χ4v) is 3.20. The number of rotatable bonds is 3. The van der Waals surface area contributed by atoms with Gasteiger partial charge in [0, 0.05) is 32.2 Å². The first-order valence-electron chi connectivity index (χ1n) is 7.34. The van der Waals surface area contributed by atoms with E-state index in [0.717, 1.165) is 32.7 Å². The lowest BCUT2D eigenvalue weighted by molar-refractivity contribution is 0.0209. The van der Waals surface area contributed by atoms with Gasteiger partial charge in [0.2, 0.25) is 0 Å². The topological polar surface area (TPSA) is 35.9 Å². The van der Waals surface area contributed by atoms with Crippen LogP contribution in [0.5, 0.6) is 0 Å². The molecule has 1 N–H and O–H groups in total. The van der Waals surface area contributed by atoms with Crippen molar-refractivity contribution >= 4 is 5.69 Å². The van der Waals surface area contributed by atoms with Crippen molar-refractivity contribution in [3.8, 4) is 0 Å². The lowest BCUT2D eigenvalue weighted by atomic mass is 10.2. The van der Waals surface area contributed by atoms with Crippen LogP contribution in [-0.2, 0) is 11.3 Å². The highest BCUT2D eigenvalue weighted by Crippen LogP contribution is 2.29. The summed E-state index contributed by atoms with van der Waals surface area (Å²) in [5.74, 6) is -1.19. The third-order valence-corrected chi connectivity index (χ3v) is 4.30. The summed E-state index contributed by atoms with van der Waals surface area (Å²) in [5, 5.41) is 8.99. The molecule has 0 aliphatic carbocycles. The van der Waals surface area contributed by atoms with Crippen LogP contribution >= 0.6 is 0 Å². The molecule has 0 radical (unpaired) electrons. The highest BCUT2D eigenvalue weighted by Gasteiger charge is 2.31. The number of benzene rings is 1. The van der Waals surface area contributed by atoms with Crippen LogP contribution in [0, 0.1) is 11.6 Å². The molecule has 4 nitrogen and oxygen atoms in total. The van der Waals surface area contributed by atoms with E-state index in [4.69, 9.17) is 9.84 Å². The van der Waals surface area contributed by atoms with Crippen molar-refractivity contribution in [1.29, 1.82) is 0 Å². The third kappa shape index (κ3) is 3.02. The maximum Gasteiger partial charge on any atom is 0.149 e. The summed E-state index contributed by atoms with van der Waals surface area (Å²) in [7, 11) is 0. The Kier molecular flexibility index (Phi) is 4.37. The summed E-state index contributed by atoms with van der Waals surface area (Å²) in [4.78, 5) is 4.10. The summed E-state index contributed by atoms with van der Waals surface area (Å²) in [6, 6.07) is 2.74. The monoisotopic (exact) mass is 298 g/mol. The smallest absolute Gasteiger partial charge is 0.149 e. The lowest BCUT2D eigenvalue weighted by Crippen LogP contribution is -2.44. The van der Waals surface area contributed by atoms with E-state index in [2.05, 4.69) is 4.90 Å². The van der Waals surface area contributed by atoms with E-state index in [9.17, 15) is 8.78 Å². The van der Waals surface area contributed by atoms with Gasteiger partial charge in [0.1, 0.15) is 17.3 Å². The van der Waals surface area contributed by atoms with Gasteiger partial charge in [0.15, 0.2) is 0 Å². The van der Waals surface area contributed by atoms with Crippen molar-refractivity contribution in [2.75, 3.05) is 44.3 Å². The summed E-state index contributed by atoms with van der Waals surface area (Å²) in [5.41, 5.74) is 0.292. The van der Waals surface area contributed by atoms with Crippen LogP contribution in [0.4, 0.5) is 14.5 Å². The molecule has 0 amide bonds. The zero-order chi connectivity index (χ0) is 14.8.